The van der Waals surface area contributed by atoms with Gasteiger partial charge in [0.05, 0.1) is 6.54 Å². The molecule has 0 spiro atoms. The quantitative estimate of drug-likeness (QED) is 0.558. The van der Waals surface area contributed by atoms with Crippen LogP contribution in [-0.2, 0) is 11.3 Å². The molecule has 1 fully saturated rings. The van der Waals surface area contributed by atoms with Gasteiger partial charge in [-0.3, -0.25) is 0 Å². The van der Waals surface area contributed by atoms with E-state index in [2.05, 4.69) is 26.6 Å². The maximum atomic E-state index is 13.2. The average Bonchev–Trinajstić information content (AvgIpc) is 2.56. The Morgan fingerprint density at radius 2 is 1.93 bits per heavy atom. The molecule has 0 saturated heterocycles. The number of amides is 1. The third-order valence-corrected chi connectivity index (χ3v) is 4.74. The van der Waals surface area contributed by atoms with Crippen molar-refractivity contribution in [2.45, 2.75) is 70.6 Å². The monoisotopic (exact) mass is 462 g/mol. The van der Waals surface area contributed by atoms with E-state index in [4.69, 9.17) is 9.47 Å². The fourth-order valence-electron chi connectivity index (χ4n) is 2.95. The second kappa shape index (κ2) is 9.87. The van der Waals surface area contributed by atoms with Crippen LogP contribution in [0.1, 0.15) is 52.0 Å². The van der Waals surface area contributed by atoms with Gasteiger partial charge in [0.15, 0.2) is 0 Å². The van der Waals surface area contributed by atoms with Gasteiger partial charge in [-0.2, -0.15) is 0 Å². The Hall–Kier alpha value is -1.41. The molecule has 0 bridgehead atoms. The van der Waals surface area contributed by atoms with Crippen LogP contribution in [0, 0.1) is 0 Å². The molecule has 0 heterocycles. The number of halogens is 3. The molecule has 158 valence electrons. The molecule has 0 unspecified atom stereocenters. The number of alkyl carbamates (subject to hydrolysis) is 1. The standard InChI is InChI=1S/C20H29BrF2N2O3/c1-19(2,3)28-18(26)24-8-9-27-17-11-14(10-15(21)12-17)13-25-16-4-6-20(22,23)7-5-16/h10-12,16,25H,4-9,13H2,1-3H3,(H,24,26). The molecule has 2 N–H and O–H groups in total. The lowest BCUT2D eigenvalue weighted by Crippen LogP contribution is -2.36. The third-order valence-electron chi connectivity index (χ3n) is 4.28. The minimum Gasteiger partial charge on any atom is -0.492 e. The molecule has 1 aromatic carbocycles. The average molecular weight is 463 g/mol. The fraction of sp³-hybridized carbons (Fsp3) is 0.650. The summed E-state index contributed by atoms with van der Waals surface area (Å²) in [5, 5.41) is 5.99. The highest BCUT2D eigenvalue weighted by atomic mass is 79.9. The van der Waals surface area contributed by atoms with Gasteiger partial charge in [0.25, 0.3) is 0 Å². The fourth-order valence-corrected chi connectivity index (χ4v) is 3.47. The molecule has 1 aliphatic rings. The van der Waals surface area contributed by atoms with E-state index < -0.39 is 17.6 Å². The van der Waals surface area contributed by atoms with Crippen LogP contribution in [0.25, 0.3) is 0 Å². The zero-order valence-electron chi connectivity index (χ0n) is 16.6. The number of carbonyl (C=O) groups is 1. The molecule has 5 nitrogen and oxygen atoms in total. The first-order chi connectivity index (χ1) is 13.0. The van der Waals surface area contributed by atoms with Gasteiger partial charge in [-0.15, -0.1) is 0 Å². The normalized spacial score (nSPS) is 17.2. The number of nitrogens with one attached hydrogen (secondary N) is 2. The van der Waals surface area contributed by atoms with Crippen molar-refractivity contribution in [2.24, 2.45) is 0 Å². The van der Waals surface area contributed by atoms with E-state index in [-0.39, 0.29) is 18.9 Å². The van der Waals surface area contributed by atoms with Crippen molar-refractivity contribution < 1.29 is 23.0 Å². The molecule has 2 rings (SSSR count). The first-order valence-corrected chi connectivity index (χ1v) is 10.3. The van der Waals surface area contributed by atoms with Crippen LogP contribution in [-0.4, -0.2) is 36.8 Å². The second-order valence-electron chi connectivity index (χ2n) is 8.08. The summed E-state index contributed by atoms with van der Waals surface area (Å²) in [6, 6.07) is 5.83. The van der Waals surface area contributed by atoms with Gasteiger partial charge in [-0.25, -0.2) is 13.6 Å². The van der Waals surface area contributed by atoms with Crippen molar-refractivity contribution in [1.29, 1.82) is 0 Å². The van der Waals surface area contributed by atoms with Crippen LogP contribution in [0.5, 0.6) is 5.75 Å². The second-order valence-corrected chi connectivity index (χ2v) is 9.00. The van der Waals surface area contributed by atoms with Crippen LogP contribution in [0.15, 0.2) is 22.7 Å². The van der Waals surface area contributed by atoms with Crippen LogP contribution >= 0.6 is 15.9 Å². The molecule has 28 heavy (non-hydrogen) atoms. The molecule has 0 aliphatic heterocycles. The van der Waals surface area contributed by atoms with E-state index in [1.54, 1.807) is 20.8 Å². The first-order valence-electron chi connectivity index (χ1n) is 9.53. The molecule has 0 radical (unpaired) electrons. The molecule has 0 atom stereocenters. The lowest BCUT2D eigenvalue weighted by atomic mass is 9.92. The van der Waals surface area contributed by atoms with Gasteiger partial charge in [0, 0.05) is 29.9 Å². The SMILES string of the molecule is CC(C)(C)OC(=O)NCCOc1cc(Br)cc(CNC2CCC(F)(F)CC2)c1. The van der Waals surface area contributed by atoms with Gasteiger partial charge >= 0.3 is 6.09 Å². The topological polar surface area (TPSA) is 59.6 Å². The molecule has 8 heteroatoms. The van der Waals surface area contributed by atoms with Crippen molar-refractivity contribution in [3.8, 4) is 5.75 Å². The summed E-state index contributed by atoms with van der Waals surface area (Å²) in [4.78, 5) is 11.6. The van der Waals surface area contributed by atoms with Crippen LogP contribution < -0.4 is 15.4 Å². The van der Waals surface area contributed by atoms with E-state index >= 15 is 0 Å². The zero-order chi connectivity index (χ0) is 20.8. The number of rotatable bonds is 7. The summed E-state index contributed by atoms with van der Waals surface area (Å²) < 4.78 is 38.2. The minimum atomic E-state index is -2.51. The van der Waals surface area contributed by atoms with Crippen molar-refractivity contribution >= 4 is 22.0 Å². The van der Waals surface area contributed by atoms with Gasteiger partial charge in [-0.05, 0) is 57.4 Å². The Labute approximate surface area is 173 Å². The van der Waals surface area contributed by atoms with E-state index in [0.29, 0.717) is 38.3 Å². The summed E-state index contributed by atoms with van der Waals surface area (Å²) in [5.74, 6) is -1.84. The maximum Gasteiger partial charge on any atom is 0.407 e. The molecule has 1 aliphatic carbocycles. The zero-order valence-corrected chi connectivity index (χ0v) is 18.2. The van der Waals surface area contributed by atoms with Crippen LogP contribution in [0.3, 0.4) is 0 Å². The Bertz CT molecular complexity index is 655. The first kappa shape index (κ1) is 22.9. The number of alkyl halides is 2. The summed E-state index contributed by atoms with van der Waals surface area (Å²) in [7, 11) is 0. The summed E-state index contributed by atoms with van der Waals surface area (Å²) >= 11 is 3.46. The van der Waals surface area contributed by atoms with Crippen LogP contribution in [0.4, 0.5) is 13.6 Å². The van der Waals surface area contributed by atoms with Gasteiger partial charge in [0.1, 0.15) is 18.0 Å². The van der Waals surface area contributed by atoms with Crippen molar-refractivity contribution in [2.75, 3.05) is 13.2 Å². The number of carbonyl (C=O) groups excluding carboxylic acids is 1. The van der Waals surface area contributed by atoms with Crippen molar-refractivity contribution in [3.05, 3.63) is 28.2 Å². The summed E-state index contributed by atoms with van der Waals surface area (Å²) in [5.41, 5.74) is 0.465. The highest BCUT2D eigenvalue weighted by molar-refractivity contribution is 9.10. The van der Waals surface area contributed by atoms with Crippen molar-refractivity contribution in [1.82, 2.24) is 10.6 Å². The van der Waals surface area contributed by atoms with E-state index in [1.807, 2.05) is 18.2 Å². The number of hydrogen-bond donors (Lipinski definition) is 2. The Balaban J connectivity index is 1.75. The van der Waals surface area contributed by atoms with Gasteiger partial charge in [0.2, 0.25) is 5.92 Å². The molecule has 0 aromatic heterocycles. The Kier molecular flexibility index (Phi) is 8.07. The summed E-state index contributed by atoms with van der Waals surface area (Å²) in [6.45, 7) is 6.63. The lowest BCUT2D eigenvalue weighted by molar-refractivity contribution is -0.0405. The highest BCUT2D eigenvalue weighted by Crippen LogP contribution is 2.33. The van der Waals surface area contributed by atoms with Crippen molar-refractivity contribution in [3.63, 3.8) is 0 Å². The van der Waals surface area contributed by atoms with E-state index in [1.165, 1.54) is 0 Å². The number of benzene rings is 1. The molecule has 1 saturated carbocycles. The van der Waals surface area contributed by atoms with E-state index in [9.17, 15) is 13.6 Å². The van der Waals surface area contributed by atoms with Crippen LogP contribution in [0.2, 0.25) is 0 Å². The lowest BCUT2D eigenvalue weighted by Gasteiger charge is -2.29. The number of ether oxygens (including phenoxy) is 2. The highest BCUT2D eigenvalue weighted by Gasteiger charge is 2.34. The Morgan fingerprint density at radius 3 is 2.57 bits per heavy atom. The molecule has 1 aromatic rings. The molecule has 1 amide bonds. The molecular formula is C20H29BrF2N2O3. The predicted molar refractivity (Wildman–Crippen MR) is 108 cm³/mol. The Morgan fingerprint density at radius 1 is 1.25 bits per heavy atom. The van der Waals surface area contributed by atoms with E-state index in [0.717, 1.165) is 10.0 Å². The third kappa shape index (κ3) is 8.73. The predicted octanol–water partition coefficient (Wildman–Crippen LogP) is 5.02. The maximum absolute atomic E-state index is 13.2. The smallest absolute Gasteiger partial charge is 0.407 e. The minimum absolute atomic E-state index is 0.0534. The van der Waals surface area contributed by atoms with Gasteiger partial charge in [-0.1, -0.05) is 15.9 Å². The van der Waals surface area contributed by atoms with Gasteiger partial charge < -0.3 is 20.1 Å². The largest absolute Gasteiger partial charge is 0.492 e. The molecular weight excluding hydrogens is 434 g/mol. The number of hydrogen-bond acceptors (Lipinski definition) is 4. The summed E-state index contributed by atoms with van der Waals surface area (Å²) in [6.07, 6.45) is 0.388.